The largest absolute Gasteiger partial charge is 0.362 e. The molecule has 0 amide bonds. The van der Waals surface area contributed by atoms with Crippen LogP contribution in [-0.2, 0) is 0 Å². The van der Waals surface area contributed by atoms with E-state index in [-0.39, 0.29) is 11.4 Å². The predicted octanol–water partition coefficient (Wildman–Crippen LogP) is 1.89. The molecule has 1 aromatic heterocycles. The molecule has 0 radical (unpaired) electrons. The Morgan fingerprint density at radius 1 is 1.46 bits per heavy atom. The third-order valence-electron chi connectivity index (χ3n) is 2.38. The van der Waals surface area contributed by atoms with E-state index in [9.17, 15) is 4.39 Å². The first kappa shape index (κ1) is 8.41. The van der Waals surface area contributed by atoms with Gasteiger partial charge in [-0.05, 0) is 26.7 Å². The van der Waals surface area contributed by atoms with Crippen LogP contribution in [-0.4, -0.2) is 15.5 Å². The molecule has 0 aliphatic heterocycles. The van der Waals surface area contributed by atoms with Gasteiger partial charge in [0.25, 0.3) is 0 Å². The highest BCUT2D eigenvalue weighted by Gasteiger charge is 2.38. The summed E-state index contributed by atoms with van der Waals surface area (Å²) in [4.78, 5) is 7.63. The standard InChI is InChI=1S/C9H12FN3/c1-6-7(10)8(12-5-11-6)13-9(2)3-4-9/h5H,3-4H2,1-2H3,(H,11,12,13). The first-order chi connectivity index (χ1) is 6.11. The van der Waals surface area contributed by atoms with Crippen LogP contribution < -0.4 is 5.32 Å². The average Bonchev–Trinajstić information content (AvgIpc) is 2.78. The number of aromatic nitrogens is 2. The zero-order chi connectivity index (χ0) is 9.47. The van der Waals surface area contributed by atoms with E-state index in [1.165, 1.54) is 6.33 Å². The molecule has 0 atom stereocenters. The Morgan fingerprint density at radius 3 is 2.77 bits per heavy atom. The SMILES string of the molecule is Cc1ncnc(NC2(C)CC2)c1F. The number of rotatable bonds is 2. The normalized spacial score (nSPS) is 18.4. The van der Waals surface area contributed by atoms with Gasteiger partial charge in [-0.2, -0.15) is 0 Å². The summed E-state index contributed by atoms with van der Waals surface area (Å²) in [5.74, 6) is -0.0110. The summed E-state index contributed by atoms with van der Waals surface area (Å²) in [5.41, 5.74) is 0.448. The van der Waals surface area contributed by atoms with Crippen LogP contribution >= 0.6 is 0 Å². The maximum absolute atomic E-state index is 13.4. The molecular formula is C9H12FN3. The third kappa shape index (κ3) is 1.61. The summed E-state index contributed by atoms with van der Waals surface area (Å²) < 4.78 is 13.4. The van der Waals surface area contributed by atoms with E-state index in [1.54, 1.807) is 6.92 Å². The van der Waals surface area contributed by atoms with E-state index in [2.05, 4.69) is 22.2 Å². The third-order valence-corrected chi connectivity index (χ3v) is 2.38. The van der Waals surface area contributed by atoms with E-state index < -0.39 is 0 Å². The first-order valence-electron chi connectivity index (χ1n) is 4.36. The van der Waals surface area contributed by atoms with Crippen molar-refractivity contribution in [2.75, 3.05) is 5.32 Å². The summed E-state index contributed by atoms with van der Waals surface area (Å²) >= 11 is 0. The van der Waals surface area contributed by atoms with Crippen LogP contribution in [0.5, 0.6) is 0 Å². The molecule has 1 saturated carbocycles. The molecule has 1 heterocycles. The van der Waals surface area contributed by atoms with Crippen molar-refractivity contribution in [2.45, 2.75) is 32.2 Å². The average molecular weight is 181 g/mol. The van der Waals surface area contributed by atoms with Crippen LogP contribution in [0.4, 0.5) is 10.2 Å². The van der Waals surface area contributed by atoms with Crippen molar-refractivity contribution >= 4 is 5.82 Å². The summed E-state index contributed by atoms with van der Waals surface area (Å²) in [5, 5.41) is 3.08. The Kier molecular flexibility index (Phi) is 1.71. The summed E-state index contributed by atoms with van der Waals surface area (Å²) in [6.07, 6.45) is 3.54. The van der Waals surface area contributed by atoms with Crippen molar-refractivity contribution in [1.29, 1.82) is 0 Å². The van der Waals surface area contributed by atoms with Crippen LogP contribution in [0.1, 0.15) is 25.5 Å². The molecule has 2 rings (SSSR count). The zero-order valence-corrected chi connectivity index (χ0v) is 7.76. The Bertz CT molecular complexity index is 334. The van der Waals surface area contributed by atoms with E-state index in [0.29, 0.717) is 11.5 Å². The number of halogens is 1. The van der Waals surface area contributed by atoms with Crippen molar-refractivity contribution in [2.24, 2.45) is 0 Å². The molecular weight excluding hydrogens is 169 g/mol. The lowest BCUT2D eigenvalue weighted by atomic mass is 10.3. The fourth-order valence-electron chi connectivity index (χ4n) is 1.14. The lowest BCUT2D eigenvalue weighted by Crippen LogP contribution is -2.18. The highest BCUT2D eigenvalue weighted by molar-refractivity contribution is 5.41. The number of nitrogens with one attached hydrogen (secondary N) is 1. The molecule has 13 heavy (non-hydrogen) atoms. The fraction of sp³-hybridized carbons (Fsp3) is 0.556. The highest BCUT2D eigenvalue weighted by Crippen LogP contribution is 2.38. The molecule has 1 fully saturated rings. The smallest absolute Gasteiger partial charge is 0.186 e. The fourth-order valence-corrected chi connectivity index (χ4v) is 1.14. The minimum atomic E-state index is -0.337. The second-order valence-electron chi connectivity index (χ2n) is 3.81. The van der Waals surface area contributed by atoms with Crippen molar-refractivity contribution in [1.82, 2.24) is 9.97 Å². The molecule has 3 nitrogen and oxygen atoms in total. The first-order valence-corrected chi connectivity index (χ1v) is 4.36. The molecule has 0 unspecified atom stereocenters. The minimum absolute atomic E-state index is 0.0572. The van der Waals surface area contributed by atoms with Crippen LogP contribution in [0.2, 0.25) is 0 Å². The Hall–Kier alpha value is -1.19. The summed E-state index contributed by atoms with van der Waals surface area (Å²) in [6.45, 7) is 3.70. The summed E-state index contributed by atoms with van der Waals surface area (Å²) in [6, 6.07) is 0. The Balaban J connectivity index is 2.25. The monoisotopic (exact) mass is 181 g/mol. The van der Waals surface area contributed by atoms with Crippen LogP contribution in [0.3, 0.4) is 0 Å². The van der Waals surface area contributed by atoms with Gasteiger partial charge in [-0.15, -0.1) is 0 Å². The lowest BCUT2D eigenvalue weighted by Gasteiger charge is -2.12. The molecule has 1 aromatic rings. The molecule has 1 aliphatic rings. The Labute approximate surface area is 76.4 Å². The second kappa shape index (κ2) is 2.65. The van der Waals surface area contributed by atoms with E-state index in [1.807, 2.05) is 0 Å². The summed E-state index contributed by atoms with van der Waals surface area (Å²) in [7, 11) is 0. The highest BCUT2D eigenvalue weighted by atomic mass is 19.1. The predicted molar refractivity (Wildman–Crippen MR) is 48.0 cm³/mol. The molecule has 0 saturated heterocycles. The maximum Gasteiger partial charge on any atom is 0.186 e. The lowest BCUT2D eigenvalue weighted by molar-refractivity contribution is 0.600. The number of anilines is 1. The number of nitrogens with zero attached hydrogens (tertiary/aromatic N) is 2. The van der Waals surface area contributed by atoms with Crippen molar-refractivity contribution < 1.29 is 4.39 Å². The molecule has 4 heteroatoms. The number of hydrogen-bond acceptors (Lipinski definition) is 3. The molecule has 0 aromatic carbocycles. The van der Waals surface area contributed by atoms with Crippen molar-refractivity contribution in [3.63, 3.8) is 0 Å². The molecule has 1 aliphatic carbocycles. The van der Waals surface area contributed by atoms with Gasteiger partial charge >= 0.3 is 0 Å². The van der Waals surface area contributed by atoms with Crippen molar-refractivity contribution in [3.05, 3.63) is 17.8 Å². The van der Waals surface area contributed by atoms with Gasteiger partial charge in [-0.25, -0.2) is 14.4 Å². The van der Waals surface area contributed by atoms with Gasteiger partial charge in [-0.3, -0.25) is 0 Å². The minimum Gasteiger partial charge on any atom is -0.362 e. The van der Waals surface area contributed by atoms with E-state index in [4.69, 9.17) is 0 Å². The quantitative estimate of drug-likeness (QED) is 0.757. The molecule has 70 valence electrons. The van der Waals surface area contributed by atoms with Gasteiger partial charge in [0.15, 0.2) is 11.6 Å². The van der Waals surface area contributed by atoms with Gasteiger partial charge in [-0.1, -0.05) is 0 Å². The zero-order valence-electron chi connectivity index (χ0n) is 7.76. The van der Waals surface area contributed by atoms with Crippen LogP contribution in [0.25, 0.3) is 0 Å². The molecule has 0 spiro atoms. The maximum atomic E-state index is 13.4. The number of hydrogen-bond donors (Lipinski definition) is 1. The van der Waals surface area contributed by atoms with Crippen molar-refractivity contribution in [3.8, 4) is 0 Å². The molecule has 0 bridgehead atoms. The van der Waals surface area contributed by atoms with E-state index >= 15 is 0 Å². The van der Waals surface area contributed by atoms with Crippen LogP contribution in [0.15, 0.2) is 6.33 Å². The van der Waals surface area contributed by atoms with Gasteiger partial charge in [0.1, 0.15) is 6.33 Å². The number of aryl methyl sites for hydroxylation is 1. The van der Waals surface area contributed by atoms with Crippen LogP contribution in [0, 0.1) is 12.7 Å². The van der Waals surface area contributed by atoms with E-state index in [0.717, 1.165) is 12.8 Å². The molecule has 1 N–H and O–H groups in total. The topological polar surface area (TPSA) is 37.8 Å². The van der Waals surface area contributed by atoms with Gasteiger partial charge in [0.2, 0.25) is 0 Å². The Morgan fingerprint density at radius 2 is 2.15 bits per heavy atom. The van der Waals surface area contributed by atoms with Gasteiger partial charge < -0.3 is 5.32 Å². The van der Waals surface area contributed by atoms with Gasteiger partial charge in [0, 0.05) is 5.54 Å². The van der Waals surface area contributed by atoms with Gasteiger partial charge in [0.05, 0.1) is 5.69 Å². The second-order valence-corrected chi connectivity index (χ2v) is 3.81.